The summed E-state index contributed by atoms with van der Waals surface area (Å²) in [5.41, 5.74) is 2.58. The van der Waals surface area contributed by atoms with Gasteiger partial charge >= 0.3 is 5.97 Å². The highest BCUT2D eigenvalue weighted by Crippen LogP contribution is 2.41. The summed E-state index contributed by atoms with van der Waals surface area (Å²) in [5, 5.41) is 20.4. The first kappa shape index (κ1) is 29.3. The van der Waals surface area contributed by atoms with E-state index < -0.39 is 11.9 Å². The molecule has 1 heterocycles. The number of aliphatic hydroxyl groups excluding tert-OH is 1. The lowest BCUT2D eigenvalue weighted by Crippen LogP contribution is -2.14. The van der Waals surface area contributed by atoms with Gasteiger partial charge in [0.05, 0.1) is 29.8 Å². The number of rotatable bonds is 11. The number of nitriles is 1. The van der Waals surface area contributed by atoms with Crippen LogP contribution in [0.4, 0.5) is 0 Å². The summed E-state index contributed by atoms with van der Waals surface area (Å²) in [5.74, 6) is -0.478. The van der Waals surface area contributed by atoms with Gasteiger partial charge in [0.25, 0.3) is 0 Å². The quantitative estimate of drug-likeness (QED) is 0.267. The van der Waals surface area contributed by atoms with E-state index in [1.807, 2.05) is 25.1 Å². The van der Waals surface area contributed by atoms with Crippen LogP contribution in [0.3, 0.4) is 0 Å². The average Bonchev–Trinajstić information content (AvgIpc) is 3.22. The van der Waals surface area contributed by atoms with Gasteiger partial charge in [0.2, 0.25) is 5.91 Å². The monoisotopic (exact) mass is 546 g/mol. The molecule has 0 bridgehead atoms. The Kier molecular flexibility index (Phi) is 10.5. The number of carbonyl (C=O) groups is 2. The Hall–Kier alpha value is -4.29. The van der Waals surface area contributed by atoms with E-state index >= 15 is 0 Å². The summed E-state index contributed by atoms with van der Waals surface area (Å²) >= 11 is 1.02. The molecule has 0 radical (unpaired) electrons. The Morgan fingerprint density at radius 2 is 1.90 bits per heavy atom. The molecule has 0 atom stereocenters. The fraction of sp³-hybridized carbons (Fsp3) is 0.267. The van der Waals surface area contributed by atoms with Gasteiger partial charge in [0.1, 0.15) is 23.0 Å². The number of amides is 1. The van der Waals surface area contributed by atoms with Gasteiger partial charge in [-0.3, -0.25) is 4.79 Å². The maximum atomic E-state index is 12.6. The molecule has 1 aliphatic rings. The first-order valence-electron chi connectivity index (χ1n) is 12.5. The molecule has 0 saturated carbocycles. The van der Waals surface area contributed by atoms with Crippen LogP contribution in [0.5, 0.6) is 11.5 Å². The molecule has 8 nitrogen and oxygen atoms in total. The zero-order valence-electron chi connectivity index (χ0n) is 22.2. The number of allylic oxidation sites excluding steroid dienone is 1. The van der Waals surface area contributed by atoms with Gasteiger partial charge in [-0.05, 0) is 50.1 Å². The van der Waals surface area contributed by atoms with E-state index in [-0.39, 0.29) is 36.0 Å². The molecule has 0 aromatic heterocycles. The third kappa shape index (κ3) is 7.18. The molecule has 202 valence electrons. The number of aliphatic hydroxyl groups is 1. The van der Waals surface area contributed by atoms with E-state index in [0.717, 1.165) is 22.9 Å². The van der Waals surface area contributed by atoms with Crippen LogP contribution in [0.15, 0.2) is 70.3 Å². The van der Waals surface area contributed by atoms with Crippen LogP contribution in [-0.2, 0) is 27.4 Å². The van der Waals surface area contributed by atoms with Crippen molar-refractivity contribution in [2.24, 2.45) is 4.99 Å². The highest BCUT2D eigenvalue weighted by Gasteiger charge is 2.33. The molecule has 0 unspecified atom stereocenters. The molecule has 39 heavy (non-hydrogen) atoms. The van der Waals surface area contributed by atoms with Crippen molar-refractivity contribution in [1.82, 2.24) is 0 Å². The molecule has 2 aromatic rings. The topological polar surface area (TPSA) is 118 Å². The minimum absolute atomic E-state index is 0.0940. The standard InChI is InChI=1S/C30H30N2O6S/c1-5-11-20-14-19(15-23(36-7-3)28(20)38-18-22-13-10-9-12-21(22)17-31)16-24-27(34)26(30(35)37-8-4)29(39-24)32-25(33)6-2/h5,9-10,12-16,34H,1,6-8,11,18H2,2-4H3/b24-16-,32-29?. The molecule has 1 amide bonds. The Morgan fingerprint density at radius 1 is 1.13 bits per heavy atom. The van der Waals surface area contributed by atoms with Gasteiger partial charge in [-0.1, -0.05) is 43.0 Å². The van der Waals surface area contributed by atoms with Gasteiger partial charge in [0.15, 0.2) is 11.5 Å². The molecule has 2 aromatic carbocycles. The third-order valence-electron chi connectivity index (χ3n) is 5.52. The largest absolute Gasteiger partial charge is 0.506 e. The van der Waals surface area contributed by atoms with E-state index in [1.54, 1.807) is 44.2 Å². The van der Waals surface area contributed by atoms with Crippen molar-refractivity contribution in [3.63, 3.8) is 0 Å². The van der Waals surface area contributed by atoms with Crippen LogP contribution < -0.4 is 9.47 Å². The van der Waals surface area contributed by atoms with Gasteiger partial charge in [-0.2, -0.15) is 5.26 Å². The number of benzene rings is 2. The Bertz CT molecular complexity index is 1400. The highest BCUT2D eigenvalue weighted by molar-refractivity contribution is 8.18. The second-order valence-electron chi connectivity index (χ2n) is 8.21. The average molecular weight is 547 g/mol. The van der Waals surface area contributed by atoms with Gasteiger partial charge < -0.3 is 19.3 Å². The van der Waals surface area contributed by atoms with E-state index in [9.17, 15) is 20.0 Å². The Balaban J connectivity index is 2.06. The summed E-state index contributed by atoms with van der Waals surface area (Å²) in [6.07, 6.45) is 4.04. The molecular formula is C30H30N2O6S. The summed E-state index contributed by atoms with van der Waals surface area (Å²) < 4.78 is 17.2. The van der Waals surface area contributed by atoms with E-state index in [0.29, 0.717) is 40.6 Å². The lowest BCUT2D eigenvalue weighted by molar-refractivity contribution is -0.138. The number of esters is 1. The maximum Gasteiger partial charge on any atom is 0.344 e. The first-order valence-corrected chi connectivity index (χ1v) is 13.3. The van der Waals surface area contributed by atoms with Crippen LogP contribution in [-0.4, -0.2) is 35.2 Å². The minimum atomic E-state index is -0.752. The highest BCUT2D eigenvalue weighted by atomic mass is 32.2. The number of nitrogens with zero attached hydrogens (tertiary/aromatic N) is 2. The molecular weight excluding hydrogens is 516 g/mol. The van der Waals surface area contributed by atoms with Crippen molar-refractivity contribution in [3.05, 3.63) is 87.5 Å². The number of thioether (sulfide) groups is 1. The summed E-state index contributed by atoms with van der Waals surface area (Å²) in [6, 6.07) is 13.0. The molecule has 1 N–H and O–H groups in total. The Morgan fingerprint density at radius 3 is 2.56 bits per heavy atom. The second kappa shape index (κ2) is 14.0. The van der Waals surface area contributed by atoms with Gasteiger partial charge in [0, 0.05) is 17.5 Å². The SMILES string of the molecule is C=CCc1cc(/C=C2\SC(=NC(=O)CC)C(C(=O)OCC)=C2O)cc(OCC)c1OCc1ccccc1C#N. The second-order valence-corrected chi connectivity index (χ2v) is 9.24. The number of hydrogen-bond donors (Lipinski definition) is 1. The van der Waals surface area contributed by atoms with Crippen LogP contribution in [0.25, 0.3) is 6.08 Å². The Labute approximate surface area is 232 Å². The fourth-order valence-corrected chi connectivity index (χ4v) is 4.77. The molecule has 0 saturated heterocycles. The lowest BCUT2D eigenvalue weighted by atomic mass is 10.0. The molecule has 0 spiro atoms. The zero-order valence-corrected chi connectivity index (χ0v) is 23.0. The van der Waals surface area contributed by atoms with Crippen LogP contribution in [0.2, 0.25) is 0 Å². The first-order chi connectivity index (χ1) is 18.9. The fourth-order valence-electron chi connectivity index (χ4n) is 3.74. The summed E-state index contributed by atoms with van der Waals surface area (Å²) in [6.45, 7) is 9.67. The van der Waals surface area contributed by atoms with Gasteiger partial charge in [-0.15, -0.1) is 6.58 Å². The number of aliphatic imine (C=N–C) groups is 1. The number of ether oxygens (including phenoxy) is 3. The lowest BCUT2D eigenvalue weighted by Gasteiger charge is -2.17. The molecule has 3 rings (SSSR count). The van der Waals surface area contributed by atoms with Crippen molar-refractivity contribution >= 4 is 34.8 Å². The maximum absolute atomic E-state index is 12.6. The van der Waals surface area contributed by atoms with Crippen molar-refractivity contribution < 1.29 is 28.9 Å². The van der Waals surface area contributed by atoms with Crippen LogP contribution >= 0.6 is 11.8 Å². The molecule has 9 heteroatoms. The predicted molar refractivity (Wildman–Crippen MR) is 152 cm³/mol. The summed E-state index contributed by atoms with van der Waals surface area (Å²) in [4.78, 5) is 28.9. The smallest absolute Gasteiger partial charge is 0.344 e. The molecule has 1 aliphatic heterocycles. The number of carbonyl (C=O) groups excluding carboxylic acids is 2. The van der Waals surface area contributed by atoms with Crippen LogP contribution in [0, 0.1) is 11.3 Å². The van der Waals surface area contributed by atoms with Crippen molar-refractivity contribution in [1.29, 1.82) is 5.26 Å². The number of hydrogen-bond acceptors (Lipinski definition) is 8. The predicted octanol–water partition coefficient (Wildman–Crippen LogP) is 6.06. The summed E-state index contributed by atoms with van der Waals surface area (Å²) in [7, 11) is 0. The normalized spacial score (nSPS) is 14.8. The van der Waals surface area contributed by atoms with E-state index in [1.165, 1.54) is 0 Å². The van der Waals surface area contributed by atoms with Crippen molar-refractivity contribution in [2.45, 2.75) is 40.2 Å². The third-order valence-corrected chi connectivity index (χ3v) is 6.54. The minimum Gasteiger partial charge on any atom is -0.506 e. The van der Waals surface area contributed by atoms with Crippen molar-refractivity contribution in [3.8, 4) is 17.6 Å². The van der Waals surface area contributed by atoms with Crippen LogP contribution in [0.1, 0.15) is 49.4 Å². The van der Waals surface area contributed by atoms with Crippen molar-refractivity contribution in [2.75, 3.05) is 13.2 Å². The molecule has 0 fully saturated rings. The molecule has 0 aliphatic carbocycles. The zero-order chi connectivity index (χ0) is 28.4. The van der Waals surface area contributed by atoms with Gasteiger partial charge in [-0.25, -0.2) is 9.79 Å². The van der Waals surface area contributed by atoms with E-state index in [2.05, 4.69) is 17.6 Å². The van der Waals surface area contributed by atoms with E-state index in [4.69, 9.17) is 14.2 Å².